The van der Waals surface area contributed by atoms with Gasteiger partial charge in [-0.05, 0) is 18.9 Å². The van der Waals surface area contributed by atoms with Crippen molar-refractivity contribution in [2.45, 2.75) is 18.9 Å². The van der Waals surface area contributed by atoms with Gasteiger partial charge in [-0.1, -0.05) is 0 Å². The van der Waals surface area contributed by atoms with Gasteiger partial charge in [0.25, 0.3) is 0 Å². The molecule has 1 aliphatic rings. The Morgan fingerprint density at radius 1 is 1.71 bits per heavy atom. The van der Waals surface area contributed by atoms with Crippen molar-refractivity contribution in [3.63, 3.8) is 0 Å². The topological polar surface area (TPSA) is 94.7 Å². The average Bonchev–Trinajstić information content (AvgIpc) is 2.80. The number of nitrogen functional groups attached to an aromatic ring is 1. The van der Waals surface area contributed by atoms with Crippen molar-refractivity contribution in [3.05, 3.63) is 17.8 Å². The monoisotopic (exact) mass is 238 g/mol. The third-order valence-electron chi connectivity index (χ3n) is 2.56. The molecule has 0 aliphatic carbocycles. The molecule has 0 aromatic carbocycles. The number of nitrogens with zero attached hydrogens (tertiary/aromatic N) is 1. The lowest BCUT2D eigenvalue weighted by Gasteiger charge is -2.12. The molecule has 2 rings (SSSR count). The van der Waals surface area contributed by atoms with Crippen molar-refractivity contribution in [1.82, 2.24) is 4.98 Å². The Hall–Kier alpha value is -1.82. The lowest BCUT2D eigenvalue weighted by atomic mass is 10.2. The van der Waals surface area contributed by atoms with Gasteiger partial charge < -0.3 is 20.3 Å². The van der Waals surface area contributed by atoms with Crippen molar-refractivity contribution >= 4 is 11.7 Å². The summed E-state index contributed by atoms with van der Waals surface area (Å²) in [7, 11) is 0. The van der Waals surface area contributed by atoms with E-state index in [0.29, 0.717) is 6.61 Å². The van der Waals surface area contributed by atoms with Crippen molar-refractivity contribution in [2.24, 2.45) is 0 Å². The molecule has 17 heavy (non-hydrogen) atoms. The lowest BCUT2D eigenvalue weighted by Crippen LogP contribution is -2.17. The molecular weight excluding hydrogens is 224 g/mol. The van der Waals surface area contributed by atoms with E-state index in [4.69, 9.17) is 20.3 Å². The molecule has 1 unspecified atom stereocenters. The van der Waals surface area contributed by atoms with Crippen LogP contribution in [-0.2, 0) is 4.74 Å². The number of carboxylic acids is 1. The van der Waals surface area contributed by atoms with Crippen LogP contribution in [0.4, 0.5) is 5.69 Å². The highest BCUT2D eigenvalue weighted by Crippen LogP contribution is 2.20. The van der Waals surface area contributed by atoms with E-state index in [1.807, 2.05) is 0 Å². The molecule has 92 valence electrons. The fourth-order valence-corrected chi connectivity index (χ4v) is 1.65. The third-order valence-corrected chi connectivity index (χ3v) is 2.56. The normalized spacial score (nSPS) is 19.2. The Labute approximate surface area is 98.4 Å². The molecule has 6 heteroatoms. The summed E-state index contributed by atoms with van der Waals surface area (Å²) in [5.74, 6) is -0.805. The van der Waals surface area contributed by atoms with Gasteiger partial charge in [-0.2, -0.15) is 0 Å². The molecule has 1 aromatic rings. The van der Waals surface area contributed by atoms with Crippen molar-refractivity contribution in [1.29, 1.82) is 0 Å². The van der Waals surface area contributed by atoms with Gasteiger partial charge >= 0.3 is 5.97 Å². The van der Waals surface area contributed by atoms with Crippen LogP contribution in [0.3, 0.4) is 0 Å². The summed E-state index contributed by atoms with van der Waals surface area (Å²) >= 11 is 0. The molecule has 0 bridgehead atoms. The first kappa shape index (κ1) is 11.7. The average molecular weight is 238 g/mol. The molecule has 0 saturated carbocycles. The zero-order chi connectivity index (χ0) is 12.3. The zero-order valence-corrected chi connectivity index (χ0v) is 9.26. The van der Waals surface area contributed by atoms with Crippen molar-refractivity contribution in [2.75, 3.05) is 18.9 Å². The number of anilines is 1. The summed E-state index contributed by atoms with van der Waals surface area (Å²) in [6.45, 7) is 1.15. The molecule has 1 aliphatic heterocycles. The number of carboxylic acid groups (broad SMARTS) is 1. The van der Waals surface area contributed by atoms with Crippen LogP contribution in [0.2, 0.25) is 0 Å². The molecule has 6 nitrogen and oxygen atoms in total. The van der Waals surface area contributed by atoms with E-state index < -0.39 is 5.97 Å². The maximum Gasteiger partial charge on any atom is 0.337 e. The summed E-state index contributed by atoms with van der Waals surface area (Å²) in [6.07, 6.45) is 3.31. The molecule has 1 aromatic heterocycles. The number of carbonyl (C=O) groups is 1. The Morgan fingerprint density at radius 3 is 3.12 bits per heavy atom. The Kier molecular flexibility index (Phi) is 3.43. The van der Waals surface area contributed by atoms with Gasteiger partial charge in [0.2, 0.25) is 5.88 Å². The van der Waals surface area contributed by atoms with Gasteiger partial charge in [-0.3, -0.25) is 0 Å². The van der Waals surface area contributed by atoms with Crippen LogP contribution in [0, 0.1) is 0 Å². The standard InChI is InChI=1S/C11H14N2O4/c12-9-4-7(11(14)15)5-13-10(9)17-6-8-2-1-3-16-8/h4-5,8H,1-3,6,12H2,(H,14,15). The van der Waals surface area contributed by atoms with E-state index in [1.165, 1.54) is 12.3 Å². The summed E-state index contributed by atoms with van der Waals surface area (Å²) < 4.78 is 10.8. The molecule has 1 saturated heterocycles. The van der Waals surface area contributed by atoms with Gasteiger partial charge in [0.1, 0.15) is 6.61 Å². The van der Waals surface area contributed by atoms with Gasteiger partial charge in [0.05, 0.1) is 17.4 Å². The van der Waals surface area contributed by atoms with Crippen LogP contribution >= 0.6 is 0 Å². The van der Waals surface area contributed by atoms with Crippen LogP contribution in [0.15, 0.2) is 12.3 Å². The Bertz CT molecular complexity index is 416. The first-order valence-electron chi connectivity index (χ1n) is 5.40. The van der Waals surface area contributed by atoms with Gasteiger partial charge in [0.15, 0.2) is 0 Å². The highest BCUT2D eigenvalue weighted by molar-refractivity contribution is 5.88. The number of aromatic carboxylic acids is 1. The van der Waals surface area contributed by atoms with Crippen LogP contribution < -0.4 is 10.5 Å². The minimum Gasteiger partial charge on any atom is -0.478 e. The van der Waals surface area contributed by atoms with Crippen molar-refractivity contribution in [3.8, 4) is 5.88 Å². The quantitative estimate of drug-likeness (QED) is 0.809. The second kappa shape index (κ2) is 5.01. The van der Waals surface area contributed by atoms with E-state index in [9.17, 15) is 4.79 Å². The number of hydrogen-bond acceptors (Lipinski definition) is 5. The lowest BCUT2D eigenvalue weighted by molar-refractivity contribution is 0.0662. The molecule has 0 spiro atoms. The van der Waals surface area contributed by atoms with Gasteiger partial charge in [-0.15, -0.1) is 0 Å². The number of ether oxygens (including phenoxy) is 2. The number of aromatic nitrogens is 1. The summed E-state index contributed by atoms with van der Waals surface area (Å²) in [5, 5.41) is 8.75. The first-order valence-corrected chi connectivity index (χ1v) is 5.40. The maximum atomic E-state index is 10.7. The van der Waals surface area contributed by atoms with Crippen molar-refractivity contribution < 1.29 is 19.4 Å². The molecule has 1 atom stereocenters. The van der Waals surface area contributed by atoms with Gasteiger partial charge in [0, 0.05) is 12.8 Å². The Morgan fingerprint density at radius 2 is 2.53 bits per heavy atom. The maximum absolute atomic E-state index is 10.7. The second-order valence-corrected chi connectivity index (χ2v) is 3.87. The van der Waals surface area contributed by atoms with Crippen LogP contribution in [0.25, 0.3) is 0 Å². The smallest absolute Gasteiger partial charge is 0.337 e. The number of pyridine rings is 1. The third kappa shape index (κ3) is 2.85. The number of nitrogens with two attached hydrogens (primary N) is 1. The minimum absolute atomic E-state index is 0.0481. The van der Waals surface area contributed by atoms with Crippen LogP contribution in [-0.4, -0.2) is 35.4 Å². The predicted molar refractivity (Wildman–Crippen MR) is 60.1 cm³/mol. The highest BCUT2D eigenvalue weighted by atomic mass is 16.5. The van der Waals surface area contributed by atoms with E-state index >= 15 is 0 Å². The highest BCUT2D eigenvalue weighted by Gasteiger charge is 2.17. The summed E-state index contributed by atoms with van der Waals surface area (Å²) in [5.41, 5.74) is 5.93. The second-order valence-electron chi connectivity index (χ2n) is 3.87. The first-order chi connectivity index (χ1) is 8.16. The van der Waals surface area contributed by atoms with E-state index in [0.717, 1.165) is 19.4 Å². The molecule has 0 amide bonds. The fourth-order valence-electron chi connectivity index (χ4n) is 1.65. The minimum atomic E-state index is -1.06. The largest absolute Gasteiger partial charge is 0.478 e. The Balaban J connectivity index is 1.98. The van der Waals surface area contributed by atoms with Crippen LogP contribution in [0.1, 0.15) is 23.2 Å². The molecule has 0 radical (unpaired) electrons. The SMILES string of the molecule is Nc1cc(C(=O)O)cnc1OCC1CCCO1. The van der Waals surface area contributed by atoms with E-state index in [1.54, 1.807) is 0 Å². The summed E-state index contributed by atoms with van der Waals surface area (Å²) in [4.78, 5) is 14.6. The van der Waals surface area contributed by atoms with E-state index in [2.05, 4.69) is 4.98 Å². The molecular formula is C11H14N2O4. The fraction of sp³-hybridized carbons (Fsp3) is 0.455. The zero-order valence-electron chi connectivity index (χ0n) is 9.26. The van der Waals surface area contributed by atoms with Crippen LogP contribution in [0.5, 0.6) is 5.88 Å². The molecule has 1 fully saturated rings. The molecule has 3 N–H and O–H groups in total. The van der Waals surface area contributed by atoms with Gasteiger partial charge in [-0.25, -0.2) is 9.78 Å². The number of hydrogen-bond donors (Lipinski definition) is 2. The summed E-state index contributed by atoms with van der Waals surface area (Å²) in [6, 6.07) is 1.33. The number of rotatable bonds is 4. The molecule has 2 heterocycles. The predicted octanol–water partition coefficient (Wildman–Crippen LogP) is 0.920. The van der Waals surface area contributed by atoms with E-state index in [-0.39, 0.29) is 23.2 Å².